The number of carbonyl (C=O) groups is 1. The van der Waals surface area contributed by atoms with E-state index in [-0.39, 0.29) is 11.5 Å². The molecule has 0 spiro atoms. The van der Waals surface area contributed by atoms with Gasteiger partial charge in [-0.05, 0) is 43.5 Å². The van der Waals surface area contributed by atoms with Crippen molar-refractivity contribution in [3.8, 4) is 0 Å². The molecule has 6 nitrogen and oxygen atoms in total. The van der Waals surface area contributed by atoms with Gasteiger partial charge in [0.25, 0.3) is 11.5 Å². The van der Waals surface area contributed by atoms with Crippen molar-refractivity contribution in [1.29, 1.82) is 0 Å². The number of benzene rings is 1. The molecule has 2 aliphatic rings. The van der Waals surface area contributed by atoms with Gasteiger partial charge in [0.2, 0.25) is 0 Å². The summed E-state index contributed by atoms with van der Waals surface area (Å²) in [6.07, 6.45) is 5.51. The topological polar surface area (TPSA) is 57.9 Å². The van der Waals surface area contributed by atoms with Gasteiger partial charge in [-0.1, -0.05) is 59.9 Å². The Labute approximate surface area is 195 Å². The summed E-state index contributed by atoms with van der Waals surface area (Å²) in [5.74, 6) is 0.466. The van der Waals surface area contributed by atoms with Crippen LogP contribution in [-0.2, 0) is 11.3 Å². The summed E-state index contributed by atoms with van der Waals surface area (Å²) >= 11 is 6.74. The van der Waals surface area contributed by atoms with E-state index in [9.17, 15) is 9.59 Å². The first kappa shape index (κ1) is 20.9. The van der Waals surface area contributed by atoms with E-state index >= 15 is 0 Å². The number of aromatic nitrogens is 2. The first-order valence-electron chi connectivity index (χ1n) is 10.6. The lowest BCUT2D eigenvalue weighted by molar-refractivity contribution is -0.122. The zero-order valence-electron chi connectivity index (χ0n) is 17.7. The van der Waals surface area contributed by atoms with Gasteiger partial charge >= 0.3 is 0 Å². The number of rotatable bonds is 4. The second-order valence-electron chi connectivity index (χ2n) is 8.03. The van der Waals surface area contributed by atoms with Crippen molar-refractivity contribution < 1.29 is 4.79 Å². The zero-order valence-corrected chi connectivity index (χ0v) is 19.3. The molecular weight excluding hydrogens is 440 g/mol. The van der Waals surface area contributed by atoms with E-state index in [2.05, 4.69) is 4.90 Å². The fraction of sp³-hybridized carbons (Fsp3) is 0.250. The summed E-state index contributed by atoms with van der Waals surface area (Å²) in [5.41, 5.74) is 3.03. The largest absolute Gasteiger partial charge is 0.356 e. The highest BCUT2D eigenvalue weighted by Gasteiger charge is 2.33. The Balaban J connectivity index is 1.54. The highest BCUT2D eigenvalue weighted by Crippen LogP contribution is 2.34. The summed E-state index contributed by atoms with van der Waals surface area (Å²) in [5, 5.41) is 0. The van der Waals surface area contributed by atoms with Gasteiger partial charge in [0.05, 0.1) is 17.0 Å². The molecule has 2 aromatic heterocycles. The highest BCUT2D eigenvalue weighted by molar-refractivity contribution is 8.26. The molecule has 1 amide bonds. The van der Waals surface area contributed by atoms with E-state index in [1.54, 1.807) is 23.2 Å². The van der Waals surface area contributed by atoms with Gasteiger partial charge < -0.3 is 4.90 Å². The maximum Gasteiger partial charge on any atom is 0.267 e. The van der Waals surface area contributed by atoms with Crippen molar-refractivity contribution in [2.24, 2.45) is 0 Å². The molecule has 0 unspecified atom stereocenters. The molecule has 0 bridgehead atoms. The Morgan fingerprint density at radius 3 is 2.59 bits per heavy atom. The molecule has 8 heteroatoms. The number of aryl methyl sites for hydroxylation is 1. The molecule has 2 aliphatic heterocycles. The smallest absolute Gasteiger partial charge is 0.267 e. The maximum atomic E-state index is 13.4. The fourth-order valence-corrected chi connectivity index (χ4v) is 5.27. The van der Waals surface area contributed by atoms with Crippen LogP contribution in [0.15, 0.2) is 58.4 Å². The average molecular weight is 463 g/mol. The van der Waals surface area contributed by atoms with E-state index in [0.717, 1.165) is 37.1 Å². The van der Waals surface area contributed by atoms with Gasteiger partial charge in [-0.3, -0.25) is 18.9 Å². The van der Waals surface area contributed by atoms with Crippen molar-refractivity contribution in [2.45, 2.75) is 26.3 Å². The molecule has 0 saturated carbocycles. The normalized spacial score (nSPS) is 17.8. The lowest BCUT2D eigenvalue weighted by atomic mass is 10.1. The first-order chi connectivity index (χ1) is 15.5. The minimum absolute atomic E-state index is 0.175. The van der Waals surface area contributed by atoms with E-state index in [1.165, 1.54) is 16.2 Å². The predicted molar refractivity (Wildman–Crippen MR) is 133 cm³/mol. The van der Waals surface area contributed by atoms with Gasteiger partial charge in [0, 0.05) is 19.3 Å². The summed E-state index contributed by atoms with van der Waals surface area (Å²) < 4.78 is 2.02. The van der Waals surface area contributed by atoms with Crippen LogP contribution < -0.4 is 10.5 Å². The van der Waals surface area contributed by atoms with Crippen LogP contribution in [0.25, 0.3) is 11.7 Å². The van der Waals surface area contributed by atoms with Crippen molar-refractivity contribution in [3.63, 3.8) is 0 Å². The molecule has 3 aromatic rings. The van der Waals surface area contributed by atoms with Crippen LogP contribution in [0.3, 0.4) is 0 Å². The van der Waals surface area contributed by atoms with Crippen molar-refractivity contribution in [3.05, 3.63) is 80.6 Å². The molecule has 2 fully saturated rings. The molecular formula is C24H22N4O2S2. The lowest BCUT2D eigenvalue weighted by Gasteiger charge is -2.19. The third-order valence-electron chi connectivity index (χ3n) is 5.76. The van der Waals surface area contributed by atoms with E-state index < -0.39 is 0 Å². The average Bonchev–Trinajstić information content (AvgIpc) is 3.42. The van der Waals surface area contributed by atoms with Gasteiger partial charge in [-0.15, -0.1) is 0 Å². The second-order valence-corrected chi connectivity index (χ2v) is 9.71. The summed E-state index contributed by atoms with van der Waals surface area (Å²) in [4.78, 5) is 35.5. The van der Waals surface area contributed by atoms with Gasteiger partial charge in [-0.2, -0.15) is 0 Å². The molecule has 1 aromatic carbocycles. The van der Waals surface area contributed by atoms with E-state index in [4.69, 9.17) is 17.2 Å². The van der Waals surface area contributed by atoms with Crippen LogP contribution in [0.1, 0.15) is 29.5 Å². The minimum Gasteiger partial charge on any atom is -0.356 e. The number of nitrogens with zero attached hydrogens (tertiary/aromatic N) is 4. The van der Waals surface area contributed by atoms with Gasteiger partial charge in [-0.25, -0.2) is 4.98 Å². The molecule has 4 heterocycles. The predicted octanol–water partition coefficient (Wildman–Crippen LogP) is 4.00. The fourth-order valence-electron chi connectivity index (χ4n) is 4.03. The van der Waals surface area contributed by atoms with Crippen LogP contribution in [0, 0.1) is 6.92 Å². The van der Waals surface area contributed by atoms with Crippen molar-refractivity contribution in [2.75, 3.05) is 18.0 Å². The highest BCUT2D eigenvalue weighted by atomic mass is 32.2. The molecule has 162 valence electrons. The third kappa shape index (κ3) is 3.84. The number of hydrogen-bond acceptors (Lipinski definition) is 6. The zero-order chi connectivity index (χ0) is 22.2. The number of thiocarbonyl (C=S) groups is 1. The van der Waals surface area contributed by atoms with E-state index in [0.29, 0.717) is 32.8 Å². The SMILES string of the molecule is Cc1ccc(CN2C(=O)/C(=C/c3c(N4CCCC4)nc4ccccn4c3=O)SC2=S)cc1. The monoisotopic (exact) mass is 462 g/mol. The first-order valence-corrected chi connectivity index (χ1v) is 11.8. The second kappa shape index (κ2) is 8.52. The Morgan fingerprint density at radius 2 is 1.84 bits per heavy atom. The number of hydrogen-bond donors (Lipinski definition) is 0. The van der Waals surface area contributed by atoms with Crippen LogP contribution in [0.2, 0.25) is 0 Å². The number of pyridine rings is 1. The van der Waals surface area contributed by atoms with Crippen LogP contribution >= 0.6 is 24.0 Å². The molecule has 0 atom stereocenters. The van der Waals surface area contributed by atoms with Crippen molar-refractivity contribution in [1.82, 2.24) is 14.3 Å². The van der Waals surface area contributed by atoms with Crippen molar-refractivity contribution >= 4 is 51.7 Å². The summed E-state index contributed by atoms with van der Waals surface area (Å²) in [6, 6.07) is 13.5. The molecule has 32 heavy (non-hydrogen) atoms. The standard InChI is InChI=1S/C24H22N4O2S2/c1-16-7-9-17(10-8-16)15-28-23(30)19(32-24(28)31)14-18-21(26-11-4-5-12-26)25-20-6-2-3-13-27(20)22(18)29/h2-3,6-10,13-14H,4-5,11-12,15H2,1H3/b19-14-. The van der Waals surface area contributed by atoms with Crippen LogP contribution in [0.4, 0.5) is 5.82 Å². The lowest BCUT2D eigenvalue weighted by Crippen LogP contribution is -2.28. The Kier molecular flexibility index (Phi) is 5.57. The Morgan fingerprint density at radius 1 is 1.09 bits per heavy atom. The maximum absolute atomic E-state index is 13.4. The molecule has 0 aliphatic carbocycles. The number of thioether (sulfide) groups is 1. The molecule has 5 rings (SSSR count). The number of carbonyl (C=O) groups excluding carboxylic acids is 1. The van der Waals surface area contributed by atoms with Crippen LogP contribution in [-0.4, -0.2) is 37.6 Å². The molecule has 2 saturated heterocycles. The number of anilines is 1. The summed E-state index contributed by atoms with van der Waals surface area (Å²) in [7, 11) is 0. The Bertz CT molecular complexity index is 1310. The summed E-state index contributed by atoms with van der Waals surface area (Å²) in [6.45, 7) is 4.14. The number of fused-ring (bicyclic) bond motifs is 1. The minimum atomic E-state index is -0.179. The van der Waals surface area contributed by atoms with Gasteiger partial charge in [0.1, 0.15) is 15.8 Å². The van der Waals surface area contributed by atoms with Gasteiger partial charge in [0.15, 0.2) is 0 Å². The molecule has 0 N–H and O–H groups in total. The number of amides is 1. The Hall–Kier alpha value is -2.97. The molecule has 0 radical (unpaired) electrons. The van der Waals surface area contributed by atoms with E-state index in [1.807, 2.05) is 43.3 Å². The quantitative estimate of drug-likeness (QED) is 0.431. The van der Waals surface area contributed by atoms with Crippen LogP contribution in [0.5, 0.6) is 0 Å². The third-order valence-corrected chi connectivity index (χ3v) is 7.14.